The Morgan fingerprint density at radius 3 is 2.27 bits per heavy atom. The van der Waals surface area contributed by atoms with Crippen LogP contribution in [0.2, 0.25) is 0 Å². The average molecular weight is 453 g/mol. The first-order chi connectivity index (χ1) is 15.5. The minimum absolute atomic E-state index is 0.00450. The van der Waals surface area contributed by atoms with E-state index in [-0.39, 0.29) is 23.4 Å². The molecule has 0 aliphatic heterocycles. The van der Waals surface area contributed by atoms with Crippen LogP contribution in [0.15, 0.2) is 48.5 Å². The van der Waals surface area contributed by atoms with E-state index >= 15 is 0 Å². The molecule has 176 valence electrons. The zero-order valence-electron chi connectivity index (χ0n) is 20.0. The number of ether oxygens (including phenoxy) is 2. The van der Waals surface area contributed by atoms with Gasteiger partial charge in [0.05, 0.1) is 0 Å². The third-order valence-corrected chi connectivity index (χ3v) is 4.83. The molecule has 0 saturated heterocycles. The SMILES string of the molecule is CC(COc1ccc(Nc2nc(N)n(C(=O)c3ccc(OC(C)(C)C)cc3)n2)cc1)N(C)C. The molecule has 9 nitrogen and oxygen atoms in total. The first-order valence-corrected chi connectivity index (χ1v) is 10.7. The number of aromatic nitrogens is 3. The highest BCUT2D eigenvalue weighted by Gasteiger charge is 2.17. The Balaban J connectivity index is 1.64. The molecule has 1 atom stereocenters. The molecule has 0 saturated carbocycles. The molecule has 3 aromatic rings. The first-order valence-electron chi connectivity index (χ1n) is 10.7. The van der Waals surface area contributed by atoms with Crippen molar-refractivity contribution >= 4 is 23.5 Å². The van der Waals surface area contributed by atoms with E-state index in [1.54, 1.807) is 24.3 Å². The van der Waals surface area contributed by atoms with Crippen molar-refractivity contribution < 1.29 is 14.3 Å². The van der Waals surface area contributed by atoms with E-state index in [0.29, 0.717) is 24.0 Å². The Kier molecular flexibility index (Phi) is 7.23. The van der Waals surface area contributed by atoms with Gasteiger partial charge in [0, 0.05) is 17.3 Å². The second kappa shape index (κ2) is 9.91. The number of anilines is 3. The molecule has 1 heterocycles. The summed E-state index contributed by atoms with van der Waals surface area (Å²) in [7, 11) is 4.03. The number of likely N-dealkylation sites (N-methyl/N-ethyl adjacent to an activating group) is 1. The predicted octanol–water partition coefficient (Wildman–Crippen LogP) is 3.80. The molecule has 0 aliphatic carbocycles. The fourth-order valence-electron chi connectivity index (χ4n) is 2.80. The molecule has 0 bridgehead atoms. The highest BCUT2D eigenvalue weighted by atomic mass is 16.5. The van der Waals surface area contributed by atoms with Crippen LogP contribution < -0.4 is 20.5 Å². The quantitative estimate of drug-likeness (QED) is 0.531. The lowest BCUT2D eigenvalue weighted by Crippen LogP contribution is -2.30. The maximum Gasteiger partial charge on any atom is 0.281 e. The summed E-state index contributed by atoms with van der Waals surface area (Å²) < 4.78 is 12.7. The summed E-state index contributed by atoms with van der Waals surface area (Å²) in [6.45, 7) is 8.57. The number of nitrogens with one attached hydrogen (secondary N) is 1. The van der Waals surface area contributed by atoms with Crippen molar-refractivity contribution in [3.63, 3.8) is 0 Å². The van der Waals surface area contributed by atoms with E-state index in [0.717, 1.165) is 16.1 Å². The highest BCUT2D eigenvalue weighted by molar-refractivity contribution is 5.97. The zero-order chi connectivity index (χ0) is 24.2. The Morgan fingerprint density at radius 2 is 1.70 bits per heavy atom. The molecule has 0 fully saturated rings. The van der Waals surface area contributed by atoms with Crippen molar-refractivity contribution in [2.75, 3.05) is 31.8 Å². The number of rotatable bonds is 8. The molecule has 0 amide bonds. The van der Waals surface area contributed by atoms with Crippen molar-refractivity contribution in [3.8, 4) is 11.5 Å². The standard InChI is InChI=1S/C24H32N6O3/c1-16(29(5)6)15-32-19-13-9-18(10-14-19)26-23-27-22(25)30(28-23)21(31)17-7-11-20(12-8-17)33-24(2,3)4/h7-14,16H,15H2,1-6H3,(H3,25,26,27,28). The van der Waals surface area contributed by atoms with Gasteiger partial charge in [-0.05, 0) is 90.3 Å². The van der Waals surface area contributed by atoms with Gasteiger partial charge in [0.2, 0.25) is 11.9 Å². The summed E-state index contributed by atoms with van der Waals surface area (Å²) in [5.74, 6) is 1.28. The van der Waals surface area contributed by atoms with Gasteiger partial charge in [-0.25, -0.2) is 0 Å². The van der Waals surface area contributed by atoms with Gasteiger partial charge in [0.1, 0.15) is 23.7 Å². The van der Waals surface area contributed by atoms with Crippen molar-refractivity contribution in [2.24, 2.45) is 0 Å². The third kappa shape index (κ3) is 6.69. The maximum absolute atomic E-state index is 12.8. The summed E-state index contributed by atoms with van der Waals surface area (Å²) in [6, 6.07) is 14.6. The van der Waals surface area contributed by atoms with E-state index in [1.807, 2.05) is 59.1 Å². The molecule has 2 aromatic carbocycles. The van der Waals surface area contributed by atoms with E-state index in [2.05, 4.69) is 27.2 Å². The van der Waals surface area contributed by atoms with Crippen LogP contribution in [-0.2, 0) is 0 Å². The summed E-state index contributed by atoms with van der Waals surface area (Å²) in [4.78, 5) is 19.1. The smallest absolute Gasteiger partial charge is 0.281 e. The number of nitrogen functional groups attached to an aromatic ring is 1. The number of hydrogen-bond acceptors (Lipinski definition) is 8. The van der Waals surface area contributed by atoms with Gasteiger partial charge in [-0.3, -0.25) is 4.79 Å². The molecule has 0 aliphatic rings. The fraction of sp³-hybridized carbons (Fsp3) is 0.375. The molecule has 3 N–H and O–H groups in total. The average Bonchev–Trinajstić information content (AvgIpc) is 3.11. The van der Waals surface area contributed by atoms with Crippen LogP contribution >= 0.6 is 0 Å². The summed E-state index contributed by atoms with van der Waals surface area (Å²) >= 11 is 0. The van der Waals surface area contributed by atoms with Crippen molar-refractivity contribution in [1.82, 2.24) is 19.7 Å². The van der Waals surface area contributed by atoms with Crippen LogP contribution in [0.25, 0.3) is 0 Å². The monoisotopic (exact) mass is 452 g/mol. The van der Waals surface area contributed by atoms with Gasteiger partial charge < -0.3 is 25.4 Å². The molecule has 0 radical (unpaired) electrons. The van der Waals surface area contributed by atoms with Gasteiger partial charge in [-0.15, -0.1) is 5.10 Å². The molecular formula is C24H32N6O3. The van der Waals surface area contributed by atoms with Crippen LogP contribution in [0, 0.1) is 0 Å². The summed E-state index contributed by atoms with van der Waals surface area (Å²) in [5, 5.41) is 7.27. The van der Waals surface area contributed by atoms with E-state index < -0.39 is 0 Å². The number of carbonyl (C=O) groups is 1. The Morgan fingerprint density at radius 1 is 1.09 bits per heavy atom. The van der Waals surface area contributed by atoms with Crippen molar-refractivity contribution in [3.05, 3.63) is 54.1 Å². The zero-order valence-corrected chi connectivity index (χ0v) is 20.0. The Hall–Kier alpha value is -3.59. The van der Waals surface area contributed by atoms with Crippen LogP contribution in [0.5, 0.6) is 11.5 Å². The van der Waals surface area contributed by atoms with Crippen molar-refractivity contribution in [2.45, 2.75) is 39.3 Å². The molecular weight excluding hydrogens is 420 g/mol. The number of nitrogens with two attached hydrogens (primary N) is 1. The minimum Gasteiger partial charge on any atom is -0.492 e. The summed E-state index contributed by atoms with van der Waals surface area (Å²) in [6.07, 6.45) is 0. The third-order valence-electron chi connectivity index (χ3n) is 4.83. The topological polar surface area (TPSA) is 108 Å². The molecule has 9 heteroatoms. The van der Waals surface area contributed by atoms with Crippen LogP contribution in [0.4, 0.5) is 17.6 Å². The Bertz CT molecular complexity index is 1070. The summed E-state index contributed by atoms with van der Waals surface area (Å²) in [5.41, 5.74) is 6.79. The maximum atomic E-state index is 12.8. The molecule has 1 unspecified atom stereocenters. The second-order valence-electron chi connectivity index (χ2n) is 9.02. The first kappa shape index (κ1) is 24.1. The lowest BCUT2D eigenvalue weighted by Gasteiger charge is -2.21. The molecule has 33 heavy (non-hydrogen) atoms. The van der Waals surface area contributed by atoms with Gasteiger partial charge >= 0.3 is 0 Å². The number of benzene rings is 2. The normalized spacial score (nSPS) is 12.5. The van der Waals surface area contributed by atoms with Gasteiger partial charge in [0.25, 0.3) is 5.91 Å². The highest BCUT2D eigenvalue weighted by Crippen LogP contribution is 2.21. The van der Waals surface area contributed by atoms with Gasteiger partial charge in [-0.2, -0.15) is 9.67 Å². The molecule has 3 rings (SSSR count). The van der Waals surface area contributed by atoms with Crippen LogP contribution in [-0.4, -0.2) is 57.9 Å². The lowest BCUT2D eigenvalue weighted by molar-refractivity contribution is 0.0948. The van der Waals surface area contributed by atoms with E-state index in [1.165, 1.54) is 0 Å². The van der Waals surface area contributed by atoms with E-state index in [9.17, 15) is 4.79 Å². The van der Waals surface area contributed by atoms with Crippen LogP contribution in [0.3, 0.4) is 0 Å². The number of carbonyl (C=O) groups excluding carboxylic acids is 1. The van der Waals surface area contributed by atoms with Crippen molar-refractivity contribution in [1.29, 1.82) is 0 Å². The van der Waals surface area contributed by atoms with Gasteiger partial charge in [0.15, 0.2) is 0 Å². The van der Waals surface area contributed by atoms with E-state index in [4.69, 9.17) is 15.2 Å². The minimum atomic E-state index is -0.380. The Labute approximate surface area is 194 Å². The number of hydrogen-bond donors (Lipinski definition) is 2. The lowest BCUT2D eigenvalue weighted by atomic mass is 10.1. The number of nitrogens with zero attached hydrogens (tertiary/aromatic N) is 4. The second-order valence-corrected chi connectivity index (χ2v) is 9.02. The van der Waals surface area contributed by atoms with Gasteiger partial charge in [-0.1, -0.05) is 0 Å². The molecule has 0 spiro atoms. The predicted molar refractivity (Wildman–Crippen MR) is 129 cm³/mol. The largest absolute Gasteiger partial charge is 0.492 e. The molecule has 1 aromatic heterocycles. The van der Waals surface area contributed by atoms with Crippen LogP contribution in [0.1, 0.15) is 38.1 Å². The fourth-order valence-corrected chi connectivity index (χ4v) is 2.80.